The molecule has 3 rings (SSSR count). The molecule has 4 amide bonds. The van der Waals surface area contributed by atoms with Gasteiger partial charge >= 0.3 is 17.8 Å². The van der Waals surface area contributed by atoms with Crippen molar-refractivity contribution in [1.29, 1.82) is 0 Å². The SMILES string of the molecule is CCN1C(=O)C(=O)N(c2nc3c(s2)C(=O)CC(C)(C)C3)C1=O. The van der Waals surface area contributed by atoms with E-state index in [1.807, 2.05) is 13.8 Å². The first-order valence-electron chi connectivity index (χ1n) is 6.98. The van der Waals surface area contributed by atoms with Gasteiger partial charge in [-0.15, -0.1) is 0 Å². The van der Waals surface area contributed by atoms with E-state index in [9.17, 15) is 19.2 Å². The molecule has 1 saturated heterocycles. The van der Waals surface area contributed by atoms with E-state index in [0.29, 0.717) is 23.4 Å². The van der Waals surface area contributed by atoms with E-state index in [-0.39, 0.29) is 22.9 Å². The Balaban J connectivity index is 2.02. The zero-order chi connectivity index (χ0) is 16.2. The molecule has 0 unspecified atom stereocenters. The summed E-state index contributed by atoms with van der Waals surface area (Å²) in [6.07, 6.45) is 1.01. The normalized spacial score (nSPS) is 20.9. The van der Waals surface area contributed by atoms with E-state index in [0.717, 1.165) is 21.1 Å². The third-order valence-corrected chi connectivity index (χ3v) is 4.91. The van der Waals surface area contributed by atoms with Crippen LogP contribution in [0.3, 0.4) is 0 Å². The lowest BCUT2D eigenvalue weighted by Crippen LogP contribution is -2.33. The third kappa shape index (κ3) is 2.06. The van der Waals surface area contributed by atoms with Gasteiger partial charge in [0.05, 0.1) is 10.6 Å². The number of nitrogens with zero attached hydrogens (tertiary/aromatic N) is 3. The van der Waals surface area contributed by atoms with E-state index in [1.165, 1.54) is 0 Å². The summed E-state index contributed by atoms with van der Waals surface area (Å²) in [6.45, 7) is 5.69. The minimum atomic E-state index is -0.912. The molecule has 22 heavy (non-hydrogen) atoms. The minimum absolute atomic E-state index is 0.0345. The summed E-state index contributed by atoms with van der Waals surface area (Å²) in [6, 6.07) is -0.699. The largest absolute Gasteiger partial charge is 0.340 e. The maximum Gasteiger partial charge on any atom is 0.340 e. The standard InChI is InChI=1S/C14H15N3O4S/c1-4-16-10(19)11(20)17(13(16)21)12-15-7-5-14(2,3)6-8(18)9(7)22-12/h4-6H2,1-3H3. The number of Topliss-reactive ketones (excluding diaryl/α,β-unsaturated/α-hetero) is 1. The van der Waals surface area contributed by atoms with Crippen LogP contribution in [0.5, 0.6) is 0 Å². The summed E-state index contributed by atoms with van der Waals surface area (Å²) in [5.74, 6) is -1.80. The molecular formula is C14H15N3O4S. The quantitative estimate of drug-likeness (QED) is 0.610. The van der Waals surface area contributed by atoms with Gasteiger partial charge in [-0.1, -0.05) is 25.2 Å². The van der Waals surface area contributed by atoms with Gasteiger partial charge in [0.2, 0.25) is 5.13 Å². The van der Waals surface area contributed by atoms with Gasteiger partial charge in [-0.3, -0.25) is 19.3 Å². The topological polar surface area (TPSA) is 87.7 Å². The Kier molecular flexibility index (Phi) is 3.17. The van der Waals surface area contributed by atoms with Crippen molar-refractivity contribution in [3.63, 3.8) is 0 Å². The molecule has 1 aliphatic heterocycles. The summed E-state index contributed by atoms with van der Waals surface area (Å²) >= 11 is 1.01. The highest BCUT2D eigenvalue weighted by Gasteiger charge is 2.47. The van der Waals surface area contributed by atoms with Crippen LogP contribution in [0.2, 0.25) is 0 Å². The van der Waals surface area contributed by atoms with Crippen molar-refractivity contribution in [2.45, 2.75) is 33.6 Å². The molecular weight excluding hydrogens is 306 g/mol. The number of hydrogen-bond acceptors (Lipinski definition) is 6. The van der Waals surface area contributed by atoms with Crippen LogP contribution in [0.1, 0.15) is 42.6 Å². The molecule has 0 spiro atoms. The highest BCUT2D eigenvalue weighted by atomic mass is 32.1. The van der Waals surface area contributed by atoms with Crippen molar-refractivity contribution >= 4 is 40.1 Å². The molecule has 1 aromatic rings. The van der Waals surface area contributed by atoms with Gasteiger partial charge in [-0.05, 0) is 18.8 Å². The summed E-state index contributed by atoms with van der Waals surface area (Å²) in [7, 11) is 0. The van der Waals surface area contributed by atoms with Crippen molar-refractivity contribution in [3.05, 3.63) is 10.6 Å². The van der Waals surface area contributed by atoms with Crippen LogP contribution in [0.15, 0.2) is 0 Å². The van der Waals surface area contributed by atoms with Crippen molar-refractivity contribution in [2.24, 2.45) is 5.41 Å². The average molecular weight is 321 g/mol. The highest BCUT2D eigenvalue weighted by molar-refractivity contribution is 7.18. The Hall–Kier alpha value is -2.09. The maximum absolute atomic E-state index is 12.2. The van der Waals surface area contributed by atoms with Crippen molar-refractivity contribution in [3.8, 4) is 0 Å². The van der Waals surface area contributed by atoms with Crippen LogP contribution in [-0.2, 0) is 16.0 Å². The van der Waals surface area contributed by atoms with Gasteiger partial charge < -0.3 is 0 Å². The number of urea groups is 1. The number of rotatable bonds is 2. The predicted octanol–water partition coefficient (Wildman–Crippen LogP) is 1.61. The molecule has 1 aliphatic carbocycles. The average Bonchev–Trinajstić information content (AvgIpc) is 2.89. The van der Waals surface area contributed by atoms with Gasteiger partial charge in [-0.25, -0.2) is 9.78 Å². The molecule has 116 valence electrons. The molecule has 0 aromatic carbocycles. The van der Waals surface area contributed by atoms with E-state index >= 15 is 0 Å². The van der Waals surface area contributed by atoms with Crippen molar-refractivity contribution < 1.29 is 19.2 Å². The summed E-state index contributed by atoms with van der Waals surface area (Å²) in [5, 5.41) is 0.107. The summed E-state index contributed by atoms with van der Waals surface area (Å²) in [4.78, 5) is 54.5. The van der Waals surface area contributed by atoms with Crippen LogP contribution in [0.25, 0.3) is 0 Å². The highest BCUT2D eigenvalue weighted by Crippen LogP contribution is 2.40. The summed E-state index contributed by atoms with van der Waals surface area (Å²) < 4.78 is 0. The van der Waals surface area contributed by atoms with Gasteiger partial charge in [-0.2, -0.15) is 4.90 Å². The van der Waals surface area contributed by atoms with Crippen LogP contribution in [-0.4, -0.2) is 40.1 Å². The number of carbonyl (C=O) groups excluding carboxylic acids is 4. The first-order valence-corrected chi connectivity index (χ1v) is 7.79. The molecule has 0 atom stereocenters. The van der Waals surface area contributed by atoms with E-state index in [4.69, 9.17) is 0 Å². The summed E-state index contributed by atoms with van der Waals surface area (Å²) in [5.41, 5.74) is 0.406. The molecule has 8 heteroatoms. The molecule has 1 aromatic heterocycles. The number of aromatic nitrogens is 1. The van der Waals surface area contributed by atoms with Crippen LogP contribution in [0.4, 0.5) is 9.93 Å². The fourth-order valence-electron chi connectivity index (χ4n) is 2.76. The molecule has 2 heterocycles. The van der Waals surface area contributed by atoms with Gasteiger partial charge in [0.25, 0.3) is 0 Å². The molecule has 0 radical (unpaired) electrons. The molecule has 1 fully saturated rings. The number of ketones is 1. The van der Waals surface area contributed by atoms with E-state index < -0.39 is 17.8 Å². The zero-order valence-electron chi connectivity index (χ0n) is 12.5. The molecule has 0 N–H and O–H groups in total. The Morgan fingerprint density at radius 3 is 2.41 bits per heavy atom. The smallest absolute Gasteiger partial charge is 0.293 e. The minimum Gasteiger partial charge on any atom is -0.293 e. The monoisotopic (exact) mass is 321 g/mol. The lowest BCUT2D eigenvalue weighted by atomic mass is 9.78. The van der Waals surface area contributed by atoms with E-state index in [1.54, 1.807) is 6.92 Å². The molecule has 2 aliphatic rings. The number of hydrogen-bond donors (Lipinski definition) is 0. The number of carbonyl (C=O) groups is 4. The maximum atomic E-state index is 12.2. The van der Waals surface area contributed by atoms with Gasteiger partial charge in [0.1, 0.15) is 0 Å². The lowest BCUT2D eigenvalue weighted by Gasteiger charge is -2.26. The first-order chi connectivity index (χ1) is 10.2. The Morgan fingerprint density at radius 1 is 1.14 bits per heavy atom. The molecule has 7 nitrogen and oxygen atoms in total. The van der Waals surface area contributed by atoms with Crippen molar-refractivity contribution in [2.75, 3.05) is 11.4 Å². The van der Waals surface area contributed by atoms with Crippen LogP contribution in [0, 0.1) is 5.41 Å². The number of anilines is 1. The fourth-order valence-corrected chi connectivity index (χ4v) is 3.77. The molecule has 0 saturated carbocycles. The van der Waals surface area contributed by atoms with E-state index in [2.05, 4.69) is 4.98 Å². The predicted molar refractivity (Wildman–Crippen MR) is 78.8 cm³/mol. The number of imide groups is 2. The van der Waals surface area contributed by atoms with Gasteiger partial charge in [0.15, 0.2) is 5.78 Å². The first kappa shape index (κ1) is 14.8. The van der Waals surface area contributed by atoms with Crippen molar-refractivity contribution in [1.82, 2.24) is 9.88 Å². The number of likely N-dealkylation sites (N-methyl/N-ethyl adjacent to an activating group) is 1. The third-order valence-electron chi connectivity index (χ3n) is 3.79. The fraction of sp³-hybridized carbons (Fsp3) is 0.500. The zero-order valence-corrected chi connectivity index (χ0v) is 13.3. The number of fused-ring (bicyclic) bond motifs is 1. The second kappa shape index (κ2) is 4.70. The number of thiazole rings is 1. The Morgan fingerprint density at radius 2 is 1.82 bits per heavy atom. The molecule has 0 bridgehead atoms. The number of amides is 4. The van der Waals surface area contributed by atoms with Gasteiger partial charge in [0, 0.05) is 13.0 Å². The Bertz CT molecular complexity index is 722. The second-order valence-electron chi connectivity index (χ2n) is 6.19. The lowest BCUT2D eigenvalue weighted by molar-refractivity contribution is -0.139. The van der Waals surface area contributed by atoms with Crippen LogP contribution >= 0.6 is 11.3 Å². The second-order valence-corrected chi connectivity index (χ2v) is 7.16. The van der Waals surface area contributed by atoms with Crippen LogP contribution < -0.4 is 4.90 Å². The Labute approximate surface area is 130 Å².